The van der Waals surface area contributed by atoms with E-state index < -0.39 is 0 Å². The first-order chi connectivity index (χ1) is 10.1. The highest BCUT2D eigenvalue weighted by Gasteiger charge is 2.39. The second-order valence-electron chi connectivity index (χ2n) is 5.60. The number of likely N-dealkylation sites (N-methyl/N-ethyl adjacent to an activating group) is 2. The number of rotatable bonds is 10. The van der Waals surface area contributed by atoms with E-state index in [1.807, 2.05) is 11.7 Å². The van der Waals surface area contributed by atoms with E-state index in [4.69, 9.17) is 0 Å². The van der Waals surface area contributed by atoms with Gasteiger partial charge in [0.25, 0.3) is 0 Å². The van der Waals surface area contributed by atoms with E-state index in [9.17, 15) is 0 Å². The Hall–Kier alpha value is -0.940. The van der Waals surface area contributed by atoms with Crippen LogP contribution in [0.5, 0.6) is 0 Å². The number of aryl methyl sites for hydroxylation is 1. The molecule has 122 valence electrons. The molecule has 1 heterocycles. The van der Waals surface area contributed by atoms with E-state index in [2.05, 4.69) is 54.9 Å². The maximum absolute atomic E-state index is 4.42. The monoisotopic (exact) mass is 295 g/mol. The minimum absolute atomic E-state index is 0.172. The van der Waals surface area contributed by atoms with E-state index in [1.54, 1.807) is 6.33 Å². The predicted molar refractivity (Wildman–Crippen MR) is 88.4 cm³/mol. The van der Waals surface area contributed by atoms with Crippen molar-refractivity contribution in [2.75, 3.05) is 19.6 Å². The molecular weight excluding hydrogens is 262 g/mol. The molecule has 1 N–H and O–H groups in total. The van der Waals surface area contributed by atoms with Gasteiger partial charge in [-0.1, -0.05) is 34.6 Å². The Morgan fingerprint density at radius 2 is 1.81 bits per heavy atom. The van der Waals surface area contributed by atoms with Gasteiger partial charge in [-0.05, 0) is 32.5 Å². The first kappa shape index (κ1) is 18.1. The fourth-order valence-electron chi connectivity index (χ4n) is 3.65. The van der Waals surface area contributed by atoms with Gasteiger partial charge in [-0.15, -0.1) is 0 Å². The number of hydrogen-bond acceptors (Lipinski definition) is 4. The smallest absolute Gasteiger partial charge is 0.138 e. The summed E-state index contributed by atoms with van der Waals surface area (Å²) in [5.74, 6) is 1.05. The lowest BCUT2D eigenvalue weighted by atomic mass is 9.80. The van der Waals surface area contributed by atoms with Crippen LogP contribution in [0.25, 0.3) is 0 Å². The second-order valence-corrected chi connectivity index (χ2v) is 5.60. The Morgan fingerprint density at radius 1 is 1.19 bits per heavy atom. The molecule has 0 saturated carbocycles. The van der Waals surface area contributed by atoms with E-state index >= 15 is 0 Å². The highest BCUT2D eigenvalue weighted by molar-refractivity contribution is 5.03. The predicted octanol–water partition coefficient (Wildman–Crippen LogP) is 2.24. The van der Waals surface area contributed by atoms with Crippen molar-refractivity contribution in [2.24, 2.45) is 7.05 Å². The molecule has 21 heavy (non-hydrogen) atoms. The average molecular weight is 295 g/mol. The molecule has 1 rings (SSSR count). The van der Waals surface area contributed by atoms with Crippen LogP contribution in [0.3, 0.4) is 0 Å². The lowest BCUT2D eigenvalue weighted by Gasteiger charge is -2.48. The van der Waals surface area contributed by atoms with Crippen molar-refractivity contribution in [3.63, 3.8) is 0 Å². The van der Waals surface area contributed by atoms with Crippen LogP contribution in [-0.4, -0.2) is 50.9 Å². The van der Waals surface area contributed by atoms with E-state index in [-0.39, 0.29) is 5.54 Å². The van der Waals surface area contributed by atoms with Crippen LogP contribution in [-0.2, 0) is 13.5 Å². The summed E-state index contributed by atoms with van der Waals surface area (Å²) in [5, 5.41) is 7.93. The van der Waals surface area contributed by atoms with Crippen molar-refractivity contribution in [2.45, 2.75) is 65.5 Å². The maximum Gasteiger partial charge on any atom is 0.138 e. The Labute approximate surface area is 130 Å². The Bertz CT molecular complexity index is 393. The molecule has 1 unspecified atom stereocenters. The molecule has 1 aromatic heterocycles. The number of nitrogens with zero attached hydrogens (tertiary/aromatic N) is 4. The molecule has 0 aliphatic carbocycles. The molecule has 1 aromatic rings. The van der Waals surface area contributed by atoms with Crippen LogP contribution in [0.15, 0.2) is 6.33 Å². The third kappa shape index (κ3) is 3.83. The van der Waals surface area contributed by atoms with E-state index in [0.29, 0.717) is 6.04 Å². The van der Waals surface area contributed by atoms with Crippen LogP contribution >= 0.6 is 0 Å². The van der Waals surface area contributed by atoms with Gasteiger partial charge < -0.3 is 5.32 Å². The van der Waals surface area contributed by atoms with Gasteiger partial charge in [0, 0.05) is 25.0 Å². The third-order valence-electron chi connectivity index (χ3n) is 4.91. The van der Waals surface area contributed by atoms with Crippen molar-refractivity contribution in [1.82, 2.24) is 25.0 Å². The number of aromatic nitrogens is 3. The van der Waals surface area contributed by atoms with Crippen molar-refractivity contribution >= 4 is 0 Å². The van der Waals surface area contributed by atoms with Gasteiger partial charge in [0.1, 0.15) is 12.2 Å². The molecule has 0 saturated heterocycles. The first-order valence-corrected chi connectivity index (χ1v) is 8.40. The largest absolute Gasteiger partial charge is 0.312 e. The maximum atomic E-state index is 4.42. The van der Waals surface area contributed by atoms with Crippen LogP contribution in [0.2, 0.25) is 0 Å². The zero-order valence-electron chi connectivity index (χ0n) is 14.7. The Balaban J connectivity index is 3.10. The van der Waals surface area contributed by atoms with Crippen LogP contribution in [0, 0.1) is 0 Å². The molecule has 1 atom stereocenters. The minimum atomic E-state index is 0.172. The van der Waals surface area contributed by atoms with Crippen LogP contribution < -0.4 is 5.32 Å². The van der Waals surface area contributed by atoms with Gasteiger partial charge in [0.2, 0.25) is 0 Å². The number of hydrogen-bond donors (Lipinski definition) is 1. The van der Waals surface area contributed by atoms with Gasteiger partial charge in [-0.3, -0.25) is 9.58 Å². The van der Waals surface area contributed by atoms with Crippen molar-refractivity contribution < 1.29 is 0 Å². The van der Waals surface area contributed by atoms with Gasteiger partial charge in [-0.25, -0.2) is 4.98 Å². The first-order valence-electron chi connectivity index (χ1n) is 8.40. The summed E-state index contributed by atoms with van der Waals surface area (Å²) in [6.07, 6.45) is 4.85. The summed E-state index contributed by atoms with van der Waals surface area (Å²) in [7, 11) is 1.97. The highest BCUT2D eigenvalue weighted by Crippen LogP contribution is 2.29. The topological polar surface area (TPSA) is 46.0 Å². The summed E-state index contributed by atoms with van der Waals surface area (Å²) in [6, 6.07) is 0.389. The molecule has 5 nitrogen and oxygen atoms in total. The van der Waals surface area contributed by atoms with Crippen LogP contribution in [0.1, 0.15) is 53.3 Å². The lowest BCUT2D eigenvalue weighted by molar-refractivity contribution is 0.0488. The number of nitrogens with one attached hydrogen (secondary N) is 1. The van der Waals surface area contributed by atoms with Gasteiger partial charge in [0.15, 0.2) is 0 Å². The molecular formula is C16H33N5. The summed E-state index contributed by atoms with van der Waals surface area (Å²) in [4.78, 5) is 7.03. The third-order valence-corrected chi connectivity index (χ3v) is 4.91. The van der Waals surface area contributed by atoms with E-state index in [0.717, 1.165) is 44.7 Å². The Kier molecular flexibility index (Phi) is 7.32. The fraction of sp³-hybridized carbons (Fsp3) is 0.875. The van der Waals surface area contributed by atoms with Crippen molar-refractivity contribution in [3.8, 4) is 0 Å². The zero-order chi connectivity index (χ0) is 15.9. The van der Waals surface area contributed by atoms with E-state index in [1.165, 1.54) is 0 Å². The average Bonchev–Trinajstić information content (AvgIpc) is 2.90. The molecule has 0 aliphatic rings. The fourth-order valence-corrected chi connectivity index (χ4v) is 3.65. The molecule has 5 heteroatoms. The van der Waals surface area contributed by atoms with Gasteiger partial charge in [-0.2, -0.15) is 5.10 Å². The van der Waals surface area contributed by atoms with Crippen LogP contribution in [0.4, 0.5) is 0 Å². The quantitative estimate of drug-likeness (QED) is 0.719. The van der Waals surface area contributed by atoms with Crippen molar-refractivity contribution in [3.05, 3.63) is 12.2 Å². The molecule has 0 spiro atoms. The summed E-state index contributed by atoms with van der Waals surface area (Å²) < 4.78 is 1.89. The molecule has 0 bridgehead atoms. The summed E-state index contributed by atoms with van der Waals surface area (Å²) in [5.41, 5.74) is 0.172. The van der Waals surface area contributed by atoms with Gasteiger partial charge in [0.05, 0.1) is 0 Å². The van der Waals surface area contributed by atoms with Crippen molar-refractivity contribution in [1.29, 1.82) is 0 Å². The Morgan fingerprint density at radius 3 is 2.19 bits per heavy atom. The SMILES string of the molecule is CCNC(Cc1ncnn1C)C(CC)(CC)N(CC)CC. The standard InChI is InChI=1S/C16H33N5/c1-7-16(8-2,21(10-4)11-5)14(17-9-3)12-15-18-13-19-20(15)6/h13-14,17H,7-12H2,1-6H3. The summed E-state index contributed by atoms with van der Waals surface area (Å²) >= 11 is 0. The van der Waals surface area contributed by atoms with Gasteiger partial charge >= 0.3 is 0 Å². The molecule has 0 amide bonds. The summed E-state index contributed by atoms with van der Waals surface area (Å²) in [6.45, 7) is 14.5. The lowest BCUT2D eigenvalue weighted by Crippen LogP contribution is -2.61. The second kappa shape index (κ2) is 8.49. The normalized spacial score (nSPS) is 13.9. The zero-order valence-corrected chi connectivity index (χ0v) is 14.7. The highest BCUT2D eigenvalue weighted by atomic mass is 15.3. The molecule has 0 radical (unpaired) electrons. The molecule has 0 aliphatic heterocycles. The molecule has 0 aromatic carbocycles. The minimum Gasteiger partial charge on any atom is -0.312 e. The molecule has 0 fully saturated rings.